The highest BCUT2D eigenvalue weighted by Crippen LogP contribution is 2.25. The van der Waals surface area contributed by atoms with Crippen molar-refractivity contribution in [3.63, 3.8) is 0 Å². The molecule has 1 aromatic carbocycles. The van der Waals surface area contributed by atoms with Crippen LogP contribution in [-0.4, -0.2) is 79.3 Å². The summed E-state index contributed by atoms with van der Waals surface area (Å²) >= 11 is 0. The Morgan fingerprint density at radius 1 is 0.889 bits per heavy atom. The quantitative estimate of drug-likeness (QED) is 0.765. The molecule has 0 unspecified atom stereocenters. The third kappa shape index (κ3) is 4.93. The topological polar surface area (TPSA) is 13.0 Å². The van der Waals surface area contributed by atoms with E-state index in [4.69, 9.17) is 0 Å². The van der Waals surface area contributed by atoms with Gasteiger partial charge in [0.25, 0.3) is 0 Å². The summed E-state index contributed by atoms with van der Waals surface area (Å²) in [6.45, 7) is 8.91. The van der Waals surface area contributed by atoms with E-state index in [-0.39, 0.29) is 0 Å². The monoisotopic (exact) mass is 364 g/mol. The van der Waals surface area contributed by atoms with Crippen molar-refractivity contribution in [2.75, 3.05) is 59.7 Å². The second-order valence-electron chi connectivity index (χ2n) is 8.17. The smallest absolute Gasteiger partial charge is 0.0714 e. The first-order valence-electron chi connectivity index (χ1n) is 10.4. The molecule has 0 aliphatic carbocycles. The van der Waals surface area contributed by atoms with Crippen LogP contribution < -0.4 is 0 Å². The summed E-state index contributed by atoms with van der Waals surface area (Å²) in [5.74, 6) is 6.67. The Labute approximate surface area is 164 Å². The molecule has 1 aromatic rings. The van der Waals surface area contributed by atoms with Crippen LogP contribution in [0.4, 0.5) is 0 Å². The molecule has 4 rings (SSSR count). The molecule has 144 valence electrons. The molecule has 0 radical (unpaired) electrons. The third-order valence-electron chi connectivity index (χ3n) is 5.93. The predicted molar refractivity (Wildman–Crippen MR) is 111 cm³/mol. The van der Waals surface area contributed by atoms with Crippen molar-refractivity contribution in [2.24, 2.45) is 0 Å². The van der Waals surface area contributed by atoms with Crippen molar-refractivity contribution >= 4 is 0 Å². The molecule has 1 fully saturated rings. The molecule has 0 atom stereocenters. The molecule has 0 spiro atoms. The van der Waals surface area contributed by atoms with Gasteiger partial charge in [0, 0.05) is 44.4 Å². The largest absolute Gasteiger partial charge is 0.365 e. The van der Waals surface area contributed by atoms with Crippen LogP contribution in [0.2, 0.25) is 0 Å². The Kier molecular flexibility index (Phi) is 6.14. The second kappa shape index (κ2) is 8.93. The normalized spacial score (nSPS) is 22.3. The van der Waals surface area contributed by atoms with E-state index in [1.165, 1.54) is 32.4 Å². The number of hydrogen-bond acceptors (Lipinski definition) is 4. The first kappa shape index (κ1) is 18.6. The van der Waals surface area contributed by atoms with Crippen LogP contribution in [0.25, 0.3) is 0 Å². The third-order valence-corrected chi connectivity index (χ3v) is 5.93. The molecule has 0 N–H and O–H groups in total. The highest BCUT2D eigenvalue weighted by Gasteiger charge is 2.28. The van der Waals surface area contributed by atoms with E-state index < -0.39 is 0 Å². The summed E-state index contributed by atoms with van der Waals surface area (Å²) in [5, 5.41) is 0. The lowest BCUT2D eigenvalue weighted by Crippen LogP contribution is -2.51. The molecule has 3 aliphatic rings. The SMILES string of the molecule is CN1CN(CN2CCCCC2)CC2=C1CCN(CC#Cc1ccccc1)C2. The van der Waals surface area contributed by atoms with E-state index >= 15 is 0 Å². The molecule has 3 aliphatic heterocycles. The lowest BCUT2D eigenvalue weighted by Gasteiger charge is -2.44. The summed E-state index contributed by atoms with van der Waals surface area (Å²) in [6.07, 6.45) is 5.30. The summed E-state index contributed by atoms with van der Waals surface area (Å²) in [4.78, 5) is 10.2. The van der Waals surface area contributed by atoms with E-state index in [2.05, 4.69) is 62.8 Å². The first-order chi connectivity index (χ1) is 13.3. The highest BCUT2D eigenvalue weighted by molar-refractivity contribution is 5.34. The maximum Gasteiger partial charge on any atom is 0.0714 e. The first-order valence-corrected chi connectivity index (χ1v) is 10.4. The van der Waals surface area contributed by atoms with Crippen molar-refractivity contribution in [3.05, 3.63) is 47.2 Å². The number of benzene rings is 1. The highest BCUT2D eigenvalue weighted by atomic mass is 15.4. The van der Waals surface area contributed by atoms with Crippen LogP contribution in [0.3, 0.4) is 0 Å². The lowest BCUT2D eigenvalue weighted by atomic mass is 10.0. The fourth-order valence-corrected chi connectivity index (χ4v) is 4.58. The van der Waals surface area contributed by atoms with Gasteiger partial charge in [-0.3, -0.25) is 14.7 Å². The van der Waals surface area contributed by atoms with Gasteiger partial charge in [-0.25, -0.2) is 0 Å². The van der Waals surface area contributed by atoms with E-state index in [1.54, 1.807) is 11.3 Å². The molecular weight excluding hydrogens is 332 g/mol. The number of hydrogen-bond donors (Lipinski definition) is 0. The summed E-state index contributed by atoms with van der Waals surface area (Å²) in [5.41, 5.74) is 4.30. The number of rotatable bonds is 3. The van der Waals surface area contributed by atoms with Gasteiger partial charge in [0.05, 0.1) is 19.9 Å². The zero-order valence-electron chi connectivity index (χ0n) is 16.7. The van der Waals surface area contributed by atoms with Crippen LogP contribution in [0, 0.1) is 11.8 Å². The molecule has 1 saturated heterocycles. The lowest BCUT2D eigenvalue weighted by molar-refractivity contribution is 0.0677. The van der Waals surface area contributed by atoms with Crippen LogP contribution >= 0.6 is 0 Å². The van der Waals surface area contributed by atoms with Crippen LogP contribution in [0.1, 0.15) is 31.2 Å². The Balaban J connectivity index is 1.34. The van der Waals surface area contributed by atoms with E-state index in [9.17, 15) is 0 Å². The molecule has 0 saturated carbocycles. The van der Waals surface area contributed by atoms with Gasteiger partial charge in [-0.15, -0.1) is 0 Å². The predicted octanol–water partition coefficient (Wildman–Crippen LogP) is 2.65. The van der Waals surface area contributed by atoms with Crippen molar-refractivity contribution in [3.8, 4) is 11.8 Å². The Bertz CT molecular complexity index is 709. The van der Waals surface area contributed by atoms with Gasteiger partial charge in [0.2, 0.25) is 0 Å². The zero-order chi connectivity index (χ0) is 18.5. The zero-order valence-corrected chi connectivity index (χ0v) is 16.7. The molecule has 3 heterocycles. The minimum Gasteiger partial charge on any atom is -0.365 e. The van der Waals surface area contributed by atoms with E-state index in [0.29, 0.717) is 0 Å². The fraction of sp³-hybridized carbons (Fsp3) is 0.565. The standard InChI is InChI=1S/C23H32N4/c1-24-19-27(20-26-13-6-3-7-14-26)18-22-17-25(16-12-23(22)24)15-8-11-21-9-4-2-5-10-21/h2,4-5,9-10H,3,6-7,12-20H2,1H3. The van der Waals surface area contributed by atoms with Crippen molar-refractivity contribution in [2.45, 2.75) is 25.7 Å². The molecule has 4 heteroatoms. The Morgan fingerprint density at radius 2 is 1.67 bits per heavy atom. The Hall–Kier alpha value is -1.80. The average Bonchev–Trinajstić information content (AvgIpc) is 2.69. The molecule has 27 heavy (non-hydrogen) atoms. The van der Waals surface area contributed by atoms with Gasteiger partial charge >= 0.3 is 0 Å². The van der Waals surface area contributed by atoms with Crippen molar-refractivity contribution in [1.82, 2.24) is 19.6 Å². The Morgan fingerprint density at radius 3 is 2.48 bits per heavy atom. The second-order valence-corrected chi connectivity index (χ2v) is 8.17. The van der Waals surface area contributed by atoms with Crippen LogP contribution in [0.15, 0.2) is 41.6 Å². The van der Waals surface area contributed by atoms with Gasteiger partial charge in [-0.2, -0.15) is 0 Å². The van der Waals surface area contributed by atoms with E-state index in [1.807, 2.05) is 6.07 Å². The summed E-state index contributed by atoms with van der Waals surface area (Å²) < 4.78 is 0. The van der Waals surface area contributed by atoms with Crippen molar-refractivity contribution < 1.29 is 0 Å². The molecular formula is C23H32N4. The van der Waals surface area contributed by atoms with Crippen molar-refractivity contribution in [1.29, 1.82) is 0 Å². The maximum atomic E-state index is 3.37. The fourth-order valence-electron chi connectivity index (χ4n) is 4.58. The van der Waals surface area contributed by atoms with Gasteiger partial charge < -0.3 is 4.90 Å². The number of nitrogens with zero attached hydrogens (tertiary/aromatic N) is 4. The van der Waals surface area contributed by atoms with Gasteiger partial charge in [-0.05, 0) is 43.6 Å². The number of likely N-dealkylation sites (tertiary alicyclic amines) is 1. The minimum absolute atomic E-state index is 0.863. The molecule has 0 amide bonds. The summed E-state index contributed by atoms with van der Waals surface area (Å²) in [7, 11) is 2.27. The number of piperidine rings is 1. The van der Waals surface area contributed by atoms with Gasteiger partial charge in [0.1, 0.15) is 0 Å². The molecule has 4 nitrogen and oxygen atoms in total. The van der Waals surface area contributed by atoms with Crippen LogP contribution in [0.5, 0.6) is 0 Å². The van der Waals surface area contributed by atoms with Crippen LogP contribution in [-0.2, 0) is 0 Å². The average molecular weight is 365 g/mol. The summed E-state index contributed by atoms with van der Waals surface area (Å²) in [6, 6.07) is 10.3. The van der Waals surface area contributed by atoms with E-state index in [0.717, 1.165) is 51.5 Å². The van der Waals surface area contributed by atoms with Gasteiger partial charge in [-0.1, -0.05) is 36.5 Å². The minimum atomic E-state index is 0.863. The molecule has 0 aromatic heterocycles. The van der Waals surface area contributed by atoms with Gasteiger partial charge in [0.15, 0.2) is 0 Å². The maximum absolute atomic E-state index is 3.37. The molecule has 0 bridgehead atoms.